The zero-order valence-electron chi connectivity index (χ0n) is 10.3. The van der Waals surface area contributed by atoms with Crippen LogP contribution >= 0.6 is 0 Å². The van der Waals surface area contributed by atoms with Gasteiger partial charge in [0.05, 0.1) is 11.8 Å². The fraction of sp³-hybridized carbons (Fsp3) is 0.583. The van der Waals surface area contributed by atoms with Gasteiger partial charge in [0.25, 0.3) is 0 Å². The fourth-order valence-corrected chi connectivity index (χ4v) is 1.26. The third kappa shape index (κ3) is 4.59. The summed E-state index contributed by atoms with van der Waals surface area (Å²) in [6.07, 6.45) is 0.194. The molecule has 0 spiro atoms. The minimum Gasteiger partial charge on any atom is -0.380 e. The number of ether oxygens (including phenoxy) is 1. The highest BCUT2D eigenvalue weighted by Gasteiger charge is 2.00. The Bertz CT molecular complexity index is 304. The lowest BCUT2D eigenvalue weighted by atomic mass is 10.3. The van der Waals surface area contributed by atoms with Gasteiger partial charge in [-0.3, -0.25) is 0 Å². The van der Waals surface area contributed by atoms with Crippen LogP contribution in [-0.2, 0) is 11.3 Å². The number of rotatable bonds is 7. The third-order valence-electron chi connectivity index (χ3n) is 2.34. The molecule has 4 heteroatoms. The Balaban J connectivity index is 2.46. The molecule has 0 aliphatic rings. The van der Waals surface area contributed by atoms with Gasteiger partial charge in [0.2, 0.25) is 0 Å². The largest absolute Gasteiger partial charge is 0.380 e. The molecule has 0 aliphatic carbocycles. The molecule has 0 aromatic carbocycles. The predicted octanol–water partition coefficient (Wildman–Crippen LogP) is 1.64. The SMILES string of the molecule is CCNCc1cccc(NCC(C)OC)n1. The lowest BCUT2D eigenvalue weighted by Crippen LogP contribution is -2.19. The van der Waals surface area contributed by atoms with Crippen molar-refractivity contribution < 1.29 is 4.74 Å². The molecule has 2 N–H and O–H groups in total. The summed E-state index contributed by atoms with van der Waals surface area (Å²) in [6.45, 7) is 6.65. The maximum absolute atomic E-state index is 5.16. The summed E-state index contributed by atoms with van der Waals surface area (Å²) in [5.41, 5.74) is 1.05. The average Bonchev–Trinajstić information content (AvgIpc) is 2.34. The summed E-state index contributed by atoms with van der Waals surface area (Å²) in [7, 11) is 1.71. The molecule has 0 amide bonds. The third-order valence-corrected chi connectivity index (χ3v) is 2.34. The van der Waals surface area contributed by atoms with Crippen molar-refractivity contribution in [2.75, 3.05) is 25.5 Å². The highest BCUT2D eigenvalue weighted by atomic mass is 16.5. The van der Waals surface area contributed by atoms with Crippen LogP contribution in [0.1, 0.15) is 19.5 Å². The van der Waals surface area contributed by atoms with E-state index in [-0.39, 0.29) is 6.10 Å². The zero-order chi connectivity index (χ0) is 11.8. The highest BCUT2D eigenvalue weighted by molar-refractivity contribution is 5.35. The first-order valence-corrected chi connectivity index (χ1v) is 5.69. The molecule has 1 rings (SSSR count). The van der Waals surface area contributed by atoms with Crippen LogP contribution in [-0.4, -0.2) is 31.3 Å². The minimum absolute atomic E-state index is 0.194. The molecule has 1 unspecified atom stereocenters. The quantitative estimate of drug-likeness (QED) is 0.737. The van der Waals surface area contributed by atoms with Crippen molar-refractivity contribution in [3.8, 4) is 0 Å². The summed E-state index contributed by atoms with van der Waals surface area (Å²) in [5.74, 6) is 0.902. The van der Waals surface area contributed by atoms with Crippen LogP contribution < -0.4 is 10.6 Å². The Hall–Kier alpha value is -1.13. The molecule has 0 saturated heterocycles. The van der Waals surface area contributed by atoms with E-state index in [1.807, 2.05) is 25.1 Å². The van der Waals surface area contributed by atoms with Crippen LogP contribution in [0.2, 0.25) is 0 Å². The second kappa shape index (κ2) is 7.19. The predicted molar refractivity (Wildman–Crippen MR) is 66.6 cm³/mol. The smallest absolute Gasteiger partial charge is 0.126 e. The number of hydrogen-bond acceptors (Lipinski definition) is 4. The summed E-state index contributed by atoms with van der Waals surface area (Å²) in [4.78, 5) is 4.49. The van der Waals surface area contributed by atoms with Crippen LogP contribution in [0.3, 0.4) is 0 Å². The van der Waals surface area contributed by atoms with Gasteiger partial charge in [-0.15, -0.1) is 0 Å². The Kier molecular flexibility index (Phi) is 5.82. The molecule has 1 atom stereocenters. The summed E-state index contributed by atoms with van der Waals surface area (Å²) < 4.78 is 5.16. The number of nitrogens with zero attached hydrogens (tertiary/aromatic N) is 1. The Morgan fingerprint density at radius 3 is 2.94 bits per heavy atom. The lowest BCUT2D eigenvalue weighted by molar-refractivity contribution is 0.128. The number of aromatic nitrogens is 1. The van der Waals surface area contributed by atoms with Crippen LogP contribution in [0, 0.1) is 0 Å². The highest BCUT2D eigenvalue weighted by Crippen LogP contribution is 2.05. The van der Waals surface area contributed by atoms with E-state index in [1.54, 1.807) is 7.11 Å². The average molecular weight is 223 g/mol. The van der Waals surface area contributed by atoms with E-state index < -0.39 is 0 Å². The van der Waals surface area contributed by atoms with E-state index in [9.17, 15) is 0 Å². The topological polar surface area (TPSA) is 46.2 Å². The molecule has 1 aromatic rings. The van der Waals surface area contributed by atoms with Gasteiger partial charge in [-0.1, -0.05) is 13.0 Å². The van der Waals surface area contributed by atoms with Crippen molar-refractivity contribution in [1.29, 1.82) is 0 Å². The monoisotopic (exact) mass is 223 g/mol. The molecule has 16 heavy (non-hydrogen) atoms. The summed E-state index contributed by atoms with van der Waals surface area (Å²) in [5, 5.41) is 6.50. The van der Waals surface area contributed by atoms with Crippen molar-refractivity contribution in [2.45, 2.75) is 26.5 Å². The number of methoxy groups -OCH3 is 1. The van der Waals surface area contributed by atoms with Crippen molar-refractivity contribution in [3.63, 3.8) is 0 Å². The number of nitrogens with one attached hydrogen (secondary N) is 2. The molecule has 0 saturated carbocycles. The van der Waals surface area contributed by atoms with Crippen molar-refractivity contribution in [1.82, 2.24) is 10.3 Å². The Morgan fingerprint density at radius 2 is 2.25 bits per heavy atom. The molecule has 4 nitrogen and oxygen atoms in total. The zero-order valence-corrected chi connectivity index (χ0v) is 10.3. The van der Waals surface area contributed by atoms with E-state index >= 15 is 0 Å². The first kappa shape index (κ1) is 12.9. The molecular weight excluding hydrogens is 202 g/mol. The van der Waals surface area contributed by atoms with Gasteiger partial charge in [0.15, 0.2) is 0 Å². The van der Waals surface area contributed by atoms with Crippen LogP contribution in [0.5, 0.6) is 0 Å². The van der Waals surface area contributed by atoms with Gasteiger partial charge in [0, 0.05) is 20.2 Å². The second-order valence-corrected chi connectivity index (χ2v) is 3.72. The standard InChI is InChI=1S/C12H21N3O/c1-4-13-9-11-6-5-7-12(15-11)14-8-10(2)16-3/h5-7,10,13H,4,8-9H2,1-3H3,(H,14,15). The minimum atomic E-state index is 0.194. The Morgan fingerprint density at radius 1 is 1.44 bits per heavy atom. The van der Waals surface area contributed by atoms with Gasteiger partial charge in [-0.25, -0.2) is 4.98 Å². The van der Waals surface area contributed by atoms with Crippen molar-refractivity contribution >= 4 is 5.82 Å². The summed E-state index contributed by atoms with van der Waals surface area (Å²) >= 11 is 0. The molecule has 0 bridgehead atoms. The number of pyridine rings is 1. The van der Waals surface area contributed by atoms with Gasteiger partial charge in [-0.2, -0.15) is 0 Å². The van der Waals surface area contributed by atoms with Gasteiger partial charge in [-0.05, 0) is 25.6 Å². The first-order chi connectivity index (χ1) is 7.76. The molecule has 0 fully saturated rings. The molecule has 1 heterocycles. The maximum atomic E-state index is 5.16. The van der Waals surface area contributed by atoms with E-state index in [0.29, 0.717) is 0 Å². The lowest BCUT2D eigenvalue weighted by Gasteiger charge is -2.12. The van der Waals surface area contributed by atoms with Crippen molar-refractivity contribution in [2.24, 2.45) is 0 Å². The normalized spacial score (nSPS) is 12.4. The number of anilines is 1. The molecule has 0 aliphatic heterocycles. The maximum Gasteiger partial charge on any atom is 0.126 e. The summed E-state index contributed by atoms with van der Waals surface area (Å²) in [6, 6.07) is 6.00. The Labute approximate surface area is 97.4 Å². The second-order valence-electron chi connectivity index (χ2n) is 3.72. The van der Waals surface area contributed by atoms with Crippen LogP contribution in [0.15, 0.2) is 18.2 Å². The fourth-order valence-electron chi connectivity index (χ4n) is 1.26. The number of hydrogen-bond donors (Lipinski definition) is 2. The van der Waals surface area contributed by atoms with Gasteiger partial charge in [0.1, 0.15) is 5.82 Å². The molecular formula is C12H21N3O. The molecule has 1 aromatic heterocycles. The van der Waals surface area contributed by atoms with Crippen LogP contribution in [0.4, 0.5) is 5.82 Å². The first-order valence-electron chi connectivity index (χ1n) is 5.69. The van der Waals surface area contributed by atoms with E-state index in [0.717, 1.165) is 31.1 Å². The van der Waals surface area contributed by atoms with E-state index in [1.165, 1.54) is 0 Å². The van der Waals surface area contributed by atoms with Gasteiger partial charge >= 0.3 is 0 Å². The van der Waals surface area contributed by atoms with Crippen molar-refractivity contribution in [3.05, 3.63) is 23.9 Å². The molecule has 90 valence electrons. The van der Waals surface area contributed by atoms with E-state index in [2.05, 4.69) is 22.5 Å². The van der Waals surface area contributed by atoms with E-state index in [4.69, 9.17) is 4.74 Å². The van der Waals surface area contributed by atoms with Gasteiger partial charge < -0.3 is 15.4 Å². The molecule has 0 radical (unpaired) electrons. The van der Waals surface area contributed by atoms with Crippen LogP contribution in [0.25, 0.3) is 0 Å².